The van der Waals surface area contributed by atoms with Crippen LogP contribution in [0.5, 0.6) is 0 Å². The van der Waals surface area contributed by atoms with Crippen molar-refractivity contribution in [1.29, 1.82) is 5.41 Å². The molecule has 25 heavy (non-hydrogen) atoms. The Hall–Kier alpha value is -2.32. The molecule has 1 heterocycles. The largest absolute Gasteiger partial charge is 0.463 e. The average Bonchev–Trinajstić information content (AvgIpc) is 2.88. The number of amides is 1. The summed E-state index contributed by atoms with van der Waals surface area (Å²) in [5, 5.41) is 21.4. The van der Waals surface area contributed by atoms with Crippen LogP contribution in [0.2, 0.25) is 0 Å². The van der Waals surface area contributed by atoms with Crippen LogP contribution in [-0.4, -0.2) is 46.0 Å². The summed E-state index contributed by atoms with van der Waals surface area (Å²) < 4.78 is 4.90. The monoisotopic (exact) mass is 363 g/mol. The molecule has 0 aliphatic carbocycles. The number of ether oxygens (including phenoxy) is 1. The highest BCUT2D eigenvalue weighted by atomic mass is 32.2. The predicted octanol–water partition coefficient (Wildman–Crippen LogP) is 2.11. The normalized spacial score (nSPS) is 16.8. The van der Waals surface area contributed by atoms with Crippen molar-refractivity contribution < 1.29 is 19.4 Å². The van der Waals surface area contributed by atoms with Crippen LogP contribution in [0.1, 0.15) is 25.5 Å². The van der Waals surface area contributed by atoms with Gasteiger partial charge in [0, 0.05) is 30.1 Å². The number of carbonyl (C=O) groups is 2. The minimum absolute atomic E-state index is 0.162. The fraction of sp³-hybridized carbons (Fsp3) is 0.353. The van der Waals surface area contributed by atoms with Gasteiger partial charge in [-0.3, -0.25) is 10.2 Å². The second-order valence-corrected chi connectivity index (χ2v) is 6.38. The van der Waals surface area contributed by atoms with Crippen molar-refractivity contribution in [1.82, 2.24) is 4.90 Å². The zero-order valence-electron chi connectivity index (χ0n) is 14.1. The third-order valence-electron chi connectivity index (χ3n) is 3.49. The first-order chi connectivity index (χ1) is 11.9. The summed E-state index contributed by atoms with van der Waals surface area (Å²) in [7, 11) is 0. The second-order valence-electron chi connectivity index (χ2n) is 5.41. The Morgan fingerprint density at radius 2 is 2.12 bits per heavy atom. The maximum atomic E-state index is 11.6. The van der Waals surface area contributed by atoms with Gasteiger partial charge in [-0.2, -0.15) is 0 Å². The number of anilines is 1. The van der Waals surface area contributed by atoms with Gasteiger partial charge in [-0.15, -0.1) is 0 Å². The van der Waals surface area contributed by atoms with Crippen LogP contribution in [0.3, 0.4) is 0 Å². The van der Waals surface area contributed by atoms with E-state index in [0.29, 0.717) is 22.7 Å². The number of rotatable bonds is 6. The molecule has 2 rings (SSSR count). The van der Waals surface area contributed by atoms with Crippen molar-refractivity contribution in [2.45, 2.75) is 20.0 Å². The zero-order valence-corrected chi connectivity index (χ0v) is 14.9. The molecule has 7 nitrogen and oxygen atoms in total. The molecule has 0 spiro atoms. The Kier molecular flexibility index (Phi) is 6.60. The first kappa shape index (κ1) is 19.0. The van der Waals surface area contributed by atoms with Crippen molar-refractivity contribution >= 4 is 34.5 Å². The number of esters is 1. The van der Waals surface area contributed by atoms with Crippen LogP contribution in [0.4, 0.5) is 5.69 Å². The van der Waals surface area contributed by atoms with Crippen molar-refractivity contribution in [2.24, 2.45) is 0 Å². The molecule has 8 heteroatoms. The smallest absolute Gasteiger partial charge is 0.332 e. The lowest BCUT2D eigenvalue weighted by atomic mass is 10.1. The van der Waals surface area contributed by atoms with E-state index in [1.807, 2.05) is 0 Å². The summed E-state index contributed by atoms with van der Waals surface area (Å²) in [5.74, 6) is -0.122. The van der Waals surface area contributed by atoms with Gasteiger partial charge in [0.15, 0.2) is 5.17 Å². The van der Waals surface area contributed by atoms with Gasteiger partial charge in [-0.1, -0.05) is 23.9 Å². The number of thioether (sulfide) groups is 1. The third-order valence-corrected chi connectivity index (χ3v) is 4.42. The average molecular weight is 363 g/mol. The number of nitrogens with one attached hydrogen (secondary N) is 2. The zero-order chi connectivity index (χ0) is 18.4. The standard InChI is InChI=1S/C17H21N3O4S/c1-3-24-16(23)8-14-10-25-17(18)20(14)9-15(22)12-4-6-13(7-5-12)19-11(2)21/h4-8,15,18,22H,3,9-10H2,1-2H3,(H,19,21)/b14-8+,18-17?. The van der Waals surface area contributed by atoms with E-state index in [1.54, 1.807) is 36.1 Å². The van der Waals surface area contributed by atoms with Crippen LogP contribution in [-0.2, 0) is 14.3 Å². The van der Waals surface area contributed by atoms with Gasteiger partial charge in [-0.05, 0) is 24.6 Å². The molecule has 1 saturated heterocycles. The van der Waals surface area contributed by atoms with Gasteiger partial charge in [0.1, 0.15) is 0 Å². The highest BCUT2D eigenvalue weighted by Crippen LogP contribution is 2.29. The fourth-order valence-electron chi connectivity index (χ4n) is 2.34. The molecule has 1 aliphatic heterocycles. The quantitative estimate of drug-likeness (QED) is 0.528. The number of aliphatic hydroxyl groups is 1. The SMILES string of the molecule is CCOC(=O)/C=C1\CSC(=N)N1CC(O)c1ccc(NC(C)=O)cc1. The molecule has 3 N–H and O–H groups in total. The van der Waals surface area contributed by atoms with E-state index >= 15 is 0 Å². The molecule has 1 aliphatic rings. The molecular weight excluding hydrogens is 342 g/mol. The van der Waals surface area contributed by atoms with E-state index in [0.717, 1.165) is 0 Å². The van der Waals surface area contributed by atoms with E-state index in [2.05, 4.69) is 5.32 Å². The Balaban J connectivity index is 2.06. The number of hydrogen-bond donors (Lipinski definition) is 3. The summed E-state index contributed by atoms with van der Waals surface area (Å²) in [6, 6.07) is 6.85. The van der Waals surface area contributed by atoms with Gasteiger partial charge in [0.25, 0.3) is 0 Å². The Bertz CT molecular complexity index is 688. The summed E-state index contributed by atoms with van der Waals surface area (Å²) in [6.07, 6.45) is 0.529. The van der Waals surface area contributed by atoms with Crippen molar-refractivity contribution in [3.8, 4) is 0 Å². The minimum atomic E-state index is -0.837. The molecular formula is C17H21N3O4S. The van der Waals surface area contributed by atoms with E-state index in [1.165, 1.54) is 24.8 Å². The van der Waals surface area contributed by atoms with Crippen LogP contribution >= 0.6 is 11.8 Å². The van der Waals surface area contributed by atoms with Crippen molar-refractivity contribution in [2.75, 3.05) is 24.2 Å². The molecule has 0 aromatic heterocycles. The van der Waals surface area contributed by atoms with E-state index in [4.69, 9.17) is 10.1 Å². The summed E-state index contributed by atoms with van der Waals surface area (Å²) in [6.45, 7) is 3.61. The van der Waals surface area contributed by atoms with E-state index in [9.17, 15) is 14.7 Å². The van der Waals surface area contributed by atoms with Crippen molar-refractivity contribution in [3.05, 3.63) is 41.6 Å². The number of nitrogens with zero attached hydrogens (tertiary/aromatic N) is 1. The Morgan fingerprint density at radius 1 is 1.44 bits per heavy atom. The molecule has 1 amide bonds. The maximum absolute atomic E-state index is 11.6. The lowest BCUT2D eigenvalue weighted by Gasteiger charge is -2.22. The van der Waals surface area contributed by atoms with Gasteiger partial charge < -0.3 is 20.1 Å². The summed E-state index contributed by atoms with van der Waals surface area (Å²) in [5.41, 5.74) is 1.95. The number of carbonyl (C=O) groups excluding carboxylic acids is 2. The van der Waals surface area contributed by atoms with Crippen molar-refractivity contribution in [3.63, 3.8) is 0 Å². The summed E-state index contributed by atoms with van der Waals surface area (Å²) >= 11 is 1.29. The molecule has 1 aromatic rings. The number of β-amino-alcohol motifs (C(OH)–C–C–N with tert-alkyl or cyclic N) is 1. The molecule has 1 unspecified atom stereocenters. The Morgan fingerprint density at radius 3 is 2.72 bits per heavy atom. The highest BCUT2D eigenvalue weighted by Gasteiger charge is 2.27. The van der Waals surface area contributed by atoms with Crippen LogP contribution in [0.15, 0.2) is 36.0 Å². The maximum Gasteiger partial charge on any atom is 0.332 e. The topological polar surface area (TPSA) is 103 Å². The van der Waals surface area contributed by atoms with E-state index in [-0.39, 0.29) is 24.2 Å². The molecule has 134 valence electrons. The van der Waals surface area contributed by atoms with Gasteiger partial charge >= 0.3 is 5.97 Å². The molecule has 1 atom stereocenters. The van der Waals surface area contributed by atoms with E-state index < -0.39 is 12.1 Å². The first-order valence-electron chi connectivity index (χ1n) is 7.82. The van der Waals surface area contributed by atoms with Gasteiger partial charge in [0.2, 0.25) is 5.91 Å². The Labute approximate surface area is 150 Å². The number of hydrogen-bond acceptors (Lipinski definition) is 6. The first-order valence-corrected chi connectivity index (χ1v) is 8.81. The fourth-order valence-corrected chi connectivity index (χ4v) is 3.21. The molecule has 1 aromatic carbocycles. The minimum Gasteiger partial charge on any atom is -0.463 e. The second kappa shape index (κ2) is 8.68. The molecule has 1 fully saturated rings. The van der Waals surface area contributed by atoms with Crippen LogP contribution in [0, 0.1) is 5.41 Å². The molecule has 0 radical (unpaired) electrons. The number of benzene rings is 1. The number of aliphatic hydroxyl groups excluding tert-OH is 1. The van der Waals surface area contributed by atoms with Gasteiger partial charge in [0.05, 0.1) is 19.3 Å². The highest BCUT2D eigenvalue weighted by molar-refractivity contribution is 8.14. The third kappa shape index (κ3) is 5.33. The summed E-state index contributed by atoms with van der Waals surface area (Å²) in [4.78, 5) is 24.3. The van der Waals surface area contributed by atoms with Crippen LogP contribution in [0.25, 0.3) is 0 Å². The number of amidine groups is 1. The van der Waals surface area contributed by atoms with Gasteiger partial charge in [-0.25, -0.2) is 4.79 Å². The lowest BCUT2D eigenvalue weighted by molar-refractivity contribution is -0.137. The molecule has 0 bridgehead atoms. The molecule has 0 saturated carbocycles. The lowest BCUT2D eigenvalue weighted by Crippen LogP contribution is -2.28. The predicted molar refractivity (Wildman–Crippen MR) is 97.3 cm³/mol. The van der Waals surface area contributed by atoms with Crippen LogP contribution < -0.4 is 5.32 Å².